The van der Waals surface area contributed by atoms with Gasteiger partial charge in [0.1, 0.15) is 6.29 Å². The molecule has 9 nitrogen and oxygen atoms in total. The van der Waals surface area contributed by atoms with Gasteiger partial charge in [0.2, 0.25) is 5.91 Å². The second-order valence-electron chi connectivity index (χ2n) is 10.1. The van der Waals surface area contributed by atoms with Crippen LogP contribution in [-0.4, -0.2) is 88.4 Å². The van der Waals surface area contributed by atoms with Crippen LogP contribution in [0.2, 0.25) is 0 Å². The van der Waals surface area contributed by atoms with Gasteiger partial charge in [0.25, 0.3) is 0 Å². The summed E-state index contributed by atoms with van der Waals surface area (Å²) in [5.41, 5.74) is 0.206. The van der Waals surface area contributed by atoms with E-state index >= 15 is 0 Å². The van der Waals surface area contributed by atoms with Crippen LogP contribution in [0.1, 0.15) is 44.9 Å². The van der Waals surface area contributed by atoms with Crippen molar-refractivity contribution >= 4 is 13.0 Å². The first-order valence-electron chi connectivity index (χ1n) is 12.3. The third-order valence-electron chi connectivity index (χ3n) is 7.47. The van der Waals surface area contributed by atoms with Crippen molar-refractivity contribution in [2.75, 3.05) is 34.1 Å². The Bertz CT molecular complexity index is 704. The lowest BCUT2D eigenvalue weighted by Crippen LogP contribution is -2.73. The molecule has 0 aromatic heterocycles. The Morgan fingerprint density at radius 1 is 1.03 bits per heavy atom. The number of carbonyl (C=O) groups excluding carboxylic acids is 1. The molecule has 2 saturated carbocycles. The largest absolute Gasteiger partial charge is 0.380 e. The van der Waals surface area contributed by atoms with Gasteiger partial charge in [-0.3, -0.25) is 26.1 Å². The summed E-state index contributed by atoms with van der Waals surface area (Å²) in [4.78, 5) is 11.8. The number of rotatable bonds is 9. The average Bonchev–Trinajstić information content (AvgIpc) is 2.79. The molecule has 8 unspecified atom stereocenters. The van der Waals surface area contributed by atoms with Gasteiger partial charge in [-0.15, -0.1) is 0 Å². The van der Waals surface area contributed by atoms with Crippen molar-refractivity contribution < 1.29 is 18.8 Å². The molecule has 3 rings (SSSR count). The van der Waals surface area contributed by atoms with Crippen molar-refractivity contribution in [1.82, 2.24) is 26.6 Å². The van der Waals surface area contributed by atoms with Crippen LogP contribution in [-0.2, 0) is 18.8 Å². The Hall–Kier alpha value is -0.800. The van der Waals surface area contributed by atoms with Gasteiger partial charge in [0, 0.05) is 44.5 Å². The van der Waals surface area contributed by atoms with Gasteiger partial charge < -0.3 is 19.4 Å². The summed E-state index contributed by atoms with van der Waals surface area (Å²) in [6, 6.07) is 0.390. The van der Waals surface area contributed by atoms with E-state index in [4.69, 9.17) is 9.47 Å². The Kier molecular flexibility index (Phi) is 9.95. The number of ether oxygens (including phenoxy) is 2. The molecule has 1 amide bonds. The summed E-state index contributed by atoms with van der Waals surface area (Å²) in [5, 5.41) is 17.6. The lowest BCUT2D eigenvalue weighted by atomic mass is 9.88. The molecular weight excluding hydrogens is 441 g/mol. The molecule has 0 aromatic carbocycles. The van der Waals surface area contributed by atoms with Gasteiger partial charge in [-0.25, -0.2) is 0 Å². The summed E-state index contributed by atoms with van der Waals surface area (Å²) in [6.07, 6.45) is 8.05. The zero-order valence-corrected chi connectivity index (χ0v) is 21.5. The average molecular weight is 486 g/mol. The van der Waals surface area contributed by atoms with Gasteiger partial charge in [0.15, 0.2) is 0 Å². The van der Waals surface area contributed by atoms with Crippen LogP contribution in [0.5, 0.6) is 0 Å². The molecule has 10 heteroatoms. The molecule has 190 valence electrons. The highest BCUT2D eigenvalue weighted by molar-refractivity contribution is 7.63. The maximum atomic E-state index is 12.9. The molecule has 1 heterocycles. The van der Waals surface area contributed by atoms with Gasteiger partial charge in [0.05, 0.1) is 25.5 Å². The standard InChI is InChI=1S/C23H44N5O4P/c1-6-21(29)25-15-11-12-18(31-2)17(13-15)27-23-24-14-19(32-3)22(28-23)26-16-9-7-8-10-20(16)33(4,5)30/h6,15-20,22-24,26-28H,1,7-14H2,2-5H3,(H,25,29). The number of hydrogen-bond acceptors (Lipinski definition) is 8. The van der Waals surface area contributed by atoms with Crippen LogP contribution in [0.4, 0.5) is 0 Å². The molecular formula is C23H44N5O4P. The summed E-state index contributed by atoms with van der Waals surface area (Å²) in [6.45, 7) is 8.08. The minimum absolute atomic E-state index is 0.0390. The predicted octanol–water partition coefficient (Wildman–Crippen LogP) is 1.16. The van der Waals surface area contributed by atoms with Crippen molar-refractivity contribution in [3.8, 4) is 0 Å². The summed E-state index contributed by atoms with van der Waals surface area (Å²) < 4.78 is 24.4. The van der Waals surface area contributed by atoms with E-state index in [1.165, 1.54) is 6.08 Å². The Balaban J connectivity index is 1.63. The molecule has 0 spiro atoms. The maximum Gasteiger partial charge on any atom is 0.243 e. The SMILES string of the molecule is C=CC(=O)NC1CCC(OC)C(NC2NCC(OC)C(NC3CCCCC3P(C)(C)=O)N2)C1. The number of methoxy groups -OCH3 is 2. The van der Waals surface area contributed by atoms with E-state index < -0.39 is 7.14 Å². The highest BCUT2D eigenvalue weighted by Crippen LogP contribution is 2.49. The van der Waals surface area contributed by atoms with Crippen LogP contribution >= 0.6 is 7.14 Å². The van der Waals surface area contributed by atoms with E-state index in [-0.39, 0.29) is 54.4 Å². The fraction of sp³-hybridized carbons (Fsp3) is 0.870. The van der Waals surface area contributed by atoms with Gasteiger partial charge in [-0.2, -0.15) is 0 Å². The smallest absolute Gasteiger partial charge is 0.243 e. The molecule has 1 aliphatic heterocycles. The van der Waals surface area contributed by atoms with Crippen LogP contribution in [0.25, 0.3) is 0 Å². The first kappa shape index (κ1) is 26.8. The molecule has 33 heavy (non-hydrogen) atoms. The maximum absolute atomic E-state index is 12.9. The quantitative estimate of drug-likeness (QED) is 0.244. The number of nitrogens with one attached hydrogen (secondary N) is 5. The summed E-state index contributed by atoms with van der Waals surface area (Å²) in [5.74, 6) is -0.137. The molecule has 8 atom stereocenters. The van der Waals surface area contributed by atoms with Crippen LogP contribution in [0.3, 0.4) is 0 Å². The van der Waals surface area contributed by atoms with Crippen molar-refractivity contribution in [2.45, 2.75) is 93.4 Å². The predicted molar refractivity (Wildman–Crippen MR) is 132 cm³/mol. The molecule has 3 aliphatic rings. The zero-order valence-electron chi connectivity index (χ0n) is 20.6. The Labute approximate surface area is 198 Å². The Morgan fingerprint density at radius 3 is 2.42 bits per heavy atom. The fourth-order valence-electron chi connectivity index (χ4n) is 5.67. The van der Waals surface area contributed by atoms with Crippen molar-refractivity contribution in [2.24, 2.45) is 0 Å². The van der Waals surface area contributed by atoms with Crippen molar-refractivity contribution in [3.05, 3.63) is 12.7 Å². The van der Waals surface area contributed by atoms with E-state index in [0.29, 0.717) is 6.54 Å². The monoisotopic (exact) mass is 485 g/mol. The lowest BCUT2D eigenvalue weighted by Gasteiger charge is -2.45. The first-order valence-corrected chi connectivity index (χ1v) is 15.0. The highest BCUT2D eigenvalue weighted by atomic mass is 31.2. The molecule has 0 bridgehead atoms. The third-order valence-corrected chi connectivity index (χ3v) is 9.68. The second-order valence-corrected chi connectivity index (χ2v) is 13.6. The fourth-order valence-corrected chi connectivity index (χ4v) is 7.57. The topological polar surface area (TPSA) is 113 Å². The number of carbonyl (C=O) groups is 1. The zero-order chi connectivity index (χ0) is 24.0. The molecule has 0 aromatic rings. The minimum Gasteiger partial charge on any atom is -0.380 e. The first-order chi connectivity index (χ1) is 15.7. The Morgan fingerprint density at radius 2 is 1.76 bits per heavy atom. The van der Waals surface area contributed by atoms with E-state index in [1.54, 1.807) is 14.2 Å². The summed E-state index contributed by atoms with van der Waals surface area (Å²) >= 11 is 0. The minimum atomic E-state index is -2.19. The molecule has 0 radical (unpaired) electrons. The molecule has 1 saturated heterocycles. The van der Waals surface area contributed by atoms with E-state index in [1.807, 2.05) is 13.3 Å². The van der Waals surface area contributed by atoms with Gasteiger partial charge >= 0.3 is 0 Å². The van der Waals surface area contributed by atoms with E-state index in [2.05, 4.69) is 33.2 Å². The number of amides is 1. The van der Waals surface area contributed by atoms with Crippen LogP contribution in [0, 0.1) is 0 Å². The molecule has 5 N–H and O–H groups in total. The normalized spacial score (nSPS) is 37.9. The number of hydrogen-bond donors (Lipinski definition) is 5. The van der Waals surface area contributed by atoms with E-state index in [0.717, 1.165) is 44.9 Å². The molecule has 3 fully saturated rings. The van der Waals surface area contributed by atoms with E-state index in [9.17, 15) is 9.36 Å². The van der Waals surface area contributed by atoms with Gasteiger partial charge in [-0.1, -0.05) is 19.4 Å². The van der Waals surface area contributed by atoms with Crippen molar-refractivity contribution in [1.29, 1.82) is 0 Å². The highest BCUT2D eigenvalue weighted by Gasteiger charge is 2.39. The van der Waals surface area contributed by atoms with Crippen molar-refractivity contribution in [3.63, 3.8) is 0 Å². The lowest BCUT2D eigenvalue weighted by molar-refractivity contribution is -0.117. The summed E-state index contributed by atoms with van der Waals surface area (Å²) in [7, 11) is 1.28. The van der Waals surface area contributed by atoms with Crippen LogP contribution < -0.4 is 26.6 Å². The second kappa shape index (κ2) is 12.2. The van der Waals surface area contributed by atoms with Gasteiger partial charge in [-0.05, 0) is 51.5 Å². The molecule has 2 aliphatic carbocycles. The third kappa shape index (κ3) is 7.34. The van der Waals surface area contributed by atoms with Crippen LogP contribution in [0.15, 0.2) is 12.7 Å².